The Balaban J connectivity index is 2.17. The second-order valence-electron chi connectivity index (χ2n) is 4.81. The average molecular weight is 304 g/mol. The van der Waals surface area contributed by atoms with Crippen LogP contribution in [0.1, 0.15) is 16.7 Å². The Labute approximate surface area is 128 Å². The highest BCUT2D eigenvalue weighted by Crippen LogP contribution is 2.25. The molecule has 0 fully saturated rings. The van der Waals surface area contributed by atoms with Crippen LogP contribution < -0.4 is 9.47 Å². The number of methoxy groups -OCH3 is 1. The van der Waals surface area contributed by atoms with Crippen molar-refractivity contribution in [3.05, 3.63) is 58.9 Å². The van der Waals surface area contributed by atoms with Gasteiger partial charge in [0.2, 0.25) is 0 Å². The first-order valence-electron chi connectivity index (χ1n) is 6.74. The van der Waals surface area contributed by atoms with Crippen molar-refractivity contribution in [1.29, 1.82) is 0 Å². The molecule has 0 N–H and O–H groups in total. The monoisotopic (exact) mass is 304 g/mol. The normalized spacial score (nSPS) is 10.2. The van der Waals surface area contributed by atoms with E-state index in [0.717, 1.165) is 5.56 Å². The minimum atomic E-state index is -0.798. The summed E-state index contributed by atoms with van der Waals surface area (Å²) in [5.41, 5.74) is 2.15. The molecule has 0 atom stereocenters. The molecular weight excluding hydrogens is 287 g/mol. The molecule has 0 saturated heterocycles. The van der Waals surface area contributed by atoms with Crippen LogP contribution in [-0.2, 0) is 11.3 Å². The van der Waals surface area contributed by atoms with Crippen LogP contribution in [0.25, 0.3) is 0 Å². The molecule has 116 valence electrons. The van der Waals surface area contributed by atoms with E-state index >= 15 is 0 Å². The molecule has 0 aliphatic rings. The van der Waals surface area contributed by atoms with Crippen LogP contribution in [0.4, 0.5) is 9.18 Å². The van der Waals surface area contributed by atoms with Crippen molar-refractivity contribution in [1.82, 2.24) is 0 Å². The van der Waals surface area contributed by atoms with Gasteiger partial charge in [-0.3, -0.25) is 0 Å². The average Bonchev–Trinajstić information content (AvgIpc) is 2.50. The fourth-order valence-electron chi connectivity index (χ4n) is 1.91. The Kier molecular flexibility index (Phi) is 4.99. The van der Waals surface area contributed by atoms with E-state index in [-0.39, 0.29) is 12.4 Å². The molecule has 0 spiro atoms. The molecule has 22 heavy (non-hydrogen) atoms. The number of carbonyl (C=O) groups is 1. The summed E-state index contributed by atoms with van der Waals surface area (Å²) in [6, 6.07) is 9.96. The van der Waals surface area contributed by atoms with Gasteiger partial charge in [0, 0.05) is 11.6 Å². The Morgan fingerprint density at radius 2 is 1.91 bits per heavy atom. The molecule has 5 heteroatoms. The quantitative estimate of drug-likeness (QED) is 0.628. The Morgan fingerprint density at radius 3 is 2.59 bits per heavy atom. The third kappa shape index (κ3) is 3.75. The lowest BCUT2D eigenvalue weighted by molar-refractivity contribution is 0.120. The van der Waals surface area contributed by atoms with Gasteiger partial charge in [0.15, 0.2) is 0 Å². The van der Waals surface area contributed by atoms with Gasteiger partial charge in [-0.15, -0.1) is 0 Å². The molecule has 0 aromatic heterocycles. The molecule has 0 saturated carbocycles. The van der Waals surface area contributed by atoms with E-state index in [1.54, 1.807) is 31.2 Å². The Hall–Kier alpha value is -2.56. The summed E-state index contributed by atoms with van der Waals surface area (Å²) in [6.07, 6.45) is -0.798. The maximum absolute atomic E-state index is 13.5. The minimum absolute atomic E-state index is 0.154. The highest BCUT2D eigenvalue weighted by molar-refractivity contribution is 5.64. The van der Waals surface area contributed by atoms with E-state index in [4.69, 9.17) is 9.47 Å². The van der Waals surface area contributed by atoms with Crippen molar-refractivity contribution in [2.24, 2.45) is 0 Å². The number of hydrogen-bond donors (Lipinski definition) is 0. The van der Waals surface area contributed by atoms with Crippen molar-refractivity contribution >= 4 is 6.16 Å². The van der Waals surface area contributed by atoms with E-state index in [1.807, 2.05) is 13.0 Å². The van der Waals surface area contributed by atoms with Gasteiger partial charge in [-0.1, -0.05) is 18.2 Å². The van der Waals surface area contributed by atoms with Crippen LogP contribution in [0.3, 0.4) is 0 Å². The van der Waals surface area contributed by atoms with Gasteiger partial charge in [-0.2, -0.15) is 0 Å². The molecule has 0 bridgehead atoms. The largest absolute Gasteiger partial charge is 0.513 e. The van der Waals surface area contributed by atoms with E-state index in [9.17, 15) is 9.18 Å². The summed E-state index contributed by atoms with van der Waals surface area (Å²) in [7, 11) is 1.24. The van der Waals surface area contributed by atoms with E-state index in [2.05, 4.69) is 4.74 Å². The molecule has 2 rings (SSSR count). The lowest BCUT2D eigenvalue weighted by Gasteiger charge is -2.13. The van der Waals surface area contributed by atoms with Crippen LogP contribution in [-0.4, -0.2) is 13.3 Å². The second-order valence-corrected chi connectivity index (χ2v) is 4.81. The first-order valence-corrected chi connectivity index (χ1v) is 6.74. The summed E-state index contributed by atoms with van der Waals surface area (Å²) < 4.78 is 28.7. The fourth-order valence-corrected chi connectivity index (χ4v) is 1.91. The Morgan fingerprint density at radius 1 is 1.14 bits per heavy atom. The van der Waals surface area contributed by atoms with Crippen molar-refractivity contribution in [3.63, 3.8) is 0 Å². The summed E-state index contributed by atoms with van der Waals surface area (Å²) in [5, 5.41) is 0. The maximum Gasteiger partial charge on any atom is 0.513 e. The lowest BCUT2D eigenvalue weighted by atomic mass is 10.1. The maximum atomic E-state index is 13.5. The molecule has 0 aliphatic carbocycles. The van der Waals surface area contributed by atoms with Gasteiger partial charge in [-0.05, 0) is 37.1 Å². The number of ether oxygens (including phenoxy) is 3. The second kappa shape index (κ2) is 6.93. The molecule has 0 amide bonds. The third-order valence-corrected chi connectivity index (χ3v) is 3.25. The predicted octanol–water partition coefficient (Wildman–Crippen LogP) is 4.17. The van der Waals surface area contributed by atoms with Crippen LogP contribution in [0.5, 0.6) is 11.5 Å². The van der Waals surface area contributed by atoms with Gasteiger partial charge in [0.1, 0.15) is 23.9 Å². The number of halogens is 1. The van der Waals surface area contributed by atoms with E-state index < -0.39 is 6.16 Å². The fraction of sp³-hybridized carbons (Fsp3) is 0.235. The first-order chi connectivity index (χ1) is 10.5. The molecule has 0 radical (unpaired) electrons. The lowest BCUT2D eigenvalue weighted by Crippen LogP contribution is -2.10. The third-order valence-electron chi connectivity index (χ3n) is 3.25. The molecular formula is C17H17FO4. The highest BCUT2D eigenvalue weighted by atomic mass is 19.1. The summed E-state index contributed by atoms with van der Waals surface area (Å²) in [4.78, 5) is 11.3. The number of rotatable bonds is 4. The van der Waals surface area contributed by atoms with E-state index in [1.165, 1.54) is 13.2 Å². The van der Waals surface area contributed by atoms with Crippen LogP contribution in [0.2, 0.25) is 0 Å². The predicted molar refractivity (Wildman–Crippen MR) is 79.7 cm³/mol. The van der Waals surface area contributed by atoms with Gasteiger partial charge < -0.3 is 14.2 Å². The number of hydrogen-bond acceptors (Lipinski definition) is 4. The zero-order valence-electron chi connectivity index (χ0n) is 12.7. The van der Waals surface area contributed by atoms with Crippen LogP contribution in [0.15, 0.2) is 36.4 Å². The van der Waals surface area contributed by atoms with Gasteiger partial charge in [-0.25, -0.2) is 9.18 Å². The summed E-state index contributed by atoms with van der Waals surface area (Å²) >= 11 is 0. The zero-order chi connectivity index (χ0) is 16.1. The van der Waals surface area contributed by atoms with Crippen molar-refractivity contribution in [2.75, 3.05) is 7.11 Å². The van der Waals surface area contributed by atoms with Crippen molar-refractivity contribution in [2.45, 2.75) is 20.5 Å². The molecule has 0 heterocycles. The Bertz CT molecular complexity index is 682. The highest BCUT2D eigenvalue weighted by Gasteiger charge is 2.12. The minimum Gasteiger partial charge on any atom is -0.489 e. The number of benzene rings is 2. The first kappa shape index (κ1) is 15.8. The zero-order valence-corrected chi connectivity index (χ0v) is 12.7. The number of carbonyl (C=O) groups excluding carboxylic acids is 1. The molecule has 0 aliphatic heterocycles. The van der Waals surface area contributed by atoms with Crippen molar-refractivity contribution in [3.8, 4) is 11.5 Å². The smallest absolute Gasteiger partial charge is 0.489 e. The molecule has 0 unspecified atom stereocenters. The van der Waals surface area contributed by atoms with Gasteiger partial charge in [0.05, 0.1) is 7.11 Å². The summed E-state index contributed by atoms with van der Waals surface area (Å²) in [5.74, 6) is 0.447. The van der Waals surface area contributed by atoms with Gasteiger partial charge >= 0.3 is 6.16 Å². The standard InChI is InChI=1S/C17H17FO4/c1-11-5-4-6-16(22-17(19)20-3)14(11)10-21-13-8-7-12(2)15(18)9-13/h4-9H,10H2,1-3H3. The molecule has 2 aromatic rings. The SMILES string of the molecule is COC(=O)Oc1cccc(C)c1COc1ccc(C)c(F)c1. The van der Waals surface area contributed by atoms with Crippen LogP contribution in [0, 0.1) is 19.7 Å². The number of aryl methyl sites for hydroxylation is 2. The molecule has 4 nitrogen and oxygen atoms in total. The molecule has 2 aromatic carbocycles. The van der Waals surface area contributed by atoms with Gasteiger partial charge in [0.25, 0.3) is 0 Å². The van der Waals surface area contributed by atoms with Crippen LogP contribution >= 0.6 is 0 Å². The van der Waals surface area contributed by atoms with E-state index in [0.29, 0.717) is 22.6 Å². The van der Waals surface area contributed by atoms with Crippen molar-refractivity contribution < 1.29 is 23.4 Å². The topological polar surface area (TPSA) is 44.8 Å². The summed E-state index contributed by atoms with van der Waals surface area (Å²) in [6.45, 7) is 3.71.